The van der Waals surface area contributed by atoms with Crippen molar-refractivity contribution in [3.63, 3.8) is 0 Å². The molecule has 0 aliphatic heterocycles. The third-order valence-corrected chi connectivity index (χ3v) is 4.19. The van der Waals surface area contributed by atoms with Gasteiger partial charge in [-0.3, -0.25) is 14.9 Å². The van der Waals surface area contributed by atoms with E-state index in [9.17, 15) is 19.3 Å². The number of benzene rings is 2. The van der Waals surface area contributed by atoms with Crippen molar-refractivity contribution in [3.05, 3.63) is 81.9 Å². The van der Waals surface area contributed by atoms with Gasteiger partial charge in [-0.05, 0) is 36.8 Å². The number of nitrogens with zero attached hydrogens (tertiary/aromatic N) is 3. The zero-order valence-electron chi connectivity index (χ0n) is 15.1. The highest BCUT2D eigenvalue weighted by atomic mass is 19.1. The molecule has 1 amide bonds. The zero-order valence-corrected chi connectivity index (χ0v) is 15.1. The first-order chi connectivity index (χ1) is 13.4. The quantitative estimate of drug-likeness (QED) is 0.519. The van der Waals surface area contributed by atoms with Gasteiger partial charge in [-0.2, -0.15) is 5.10 Å². The Morgan fingerprint density at radius 2 is 2.00 bits per heavy atom. The van der Waals surface area contributed by atoms with Gasteiger partial charge in [0.05, 0.1) is 35.5 Å². The Labute approximate surface area is 159 Å². The summed E-state index contributed by atoms with van der Waals surface area (Å²) >= 11 is 0. The van der Waals surface area contributed by atoms with Gasteiger partial charge in [-0.1, -0.05) is 6.07 Å². The summed E-state index contributed by atoms with van der Waals surface area (Å²) in [5.41, 5.74) is 1.44. The number of hydrogen-bond acceptors (Lipinski definition) is 5. The molecule has 0 aliphatic rings. The normalized spacial score (nSPS) is 11.7. The molecule has 9 heteroatoms. The molecule has 1 N–H and O–H groups in total. The average molecular weight is 384 g/mol. The van der Waals surface area contributed by atoms with Crippen LogP contribution >= 0.6 is 0 Å². The van der Waals surface area contributed by atoms with Crippen molar-refractivity contribution in [1.29, 1.82) is 0 Å². The van der Waals surface area contributed by atoms with E-state index < -0.39 is 16.8 Å². The van der Waals surface area contributed by atoms with Crippen molar-refractivity contribution in [3.8, 4) is 11.4 Å². The molecule has 1 unspecified atom stereocenters. The second-order valence-corrected chi connectivity index (χ2v) is 6.04. The second kappa shape index (κ2) is 7.87. The maximum Gasteiger partial charge on any atom is 0.269 e. The summed E-state index contributed by atoms with van der Waals surface area (Å²) in [4.78, 5) is 22.7. The fraction of sp³-hybridized carbons (Fsp3) is 0.158. The van der Waals surface area contributed by atoms with Crippen LogP contribution < -0.4 is 10.1 Å². The van der Waals surface area contributed by atoms with Crippen LogP contribution in [0.25, 0.3) is 5.69 Å². The van der Waals surface area contributed by atoms with Crippen molar-refractivity contribution >= 4 is 11.6 Å². The van der Waals surface area contributed by atoms with Gasteiger partial charge in [0.2, 0.25) is 0 Å². The maximum absolute atomic E-state index is 13.8. The number of carbonyl (C=O) groups excluding carboxylic acids is 1. The van der Waals surface area contributed by atoms with E-state index in [1.165, 1.54) is 60.6 Å². The molecule has 1 atom stereocenters. The highest BCUT2D eigenvalue weighted by Crippen LogP contribution is 2.22. The van der Waals surface area contributed by atoms with Crippen molar-refractivity contribution in [1.82, 2.24) is 15.1 Å². The van der Waals surface area contributed by atoms with Crippen molar-refractivity contribution in [2.75, 3.05) is 7.11 Å². The van der Waals surface area contributed by atoms with E-state index in [1.54, 1.807) is 13.0 Å². The Kier molecular flexibility index (Phi) is 5.35. The minimum atomic E-state index is -0.507. The number of aromatic nitrogens is 2. The van der Waals surface area contributed by atoms with Gasteiger partial charge in [0.1, 0.15) is 0 Å². The SMILES string of the molecule is COc1ccc(C(C)NC(=O)c2cnn(-c3ccc([N+](=O)[O-])cc3)c2)cc1F. The van der Waals surface area contributed by atoms with Crippen LogP contribution in [0.4, 0.5) is 10.1 Å². The van der Waals surface area contributed by atoms with Crippen LogP contribution in [0.15, 0.2) is 54.9 Å². The number of nitro benzene ring substituents is 1. The summed E-state index contributed by atoms with van der Waals surface area (Å²) in [6.45, 7) is 1.74. The third kappa shape index (κ3) is 3.98. The number of amides is 1. The molecule has 0 fully saturated rings. The van der Waals surface area contributed by atoms with Gasteiger partial charge in [0.25, 0.3) is 11.6 Å². The van der Waals surface area contributed by atoms with Gasteiger partial charge < -0.3 is 10.1 Å². The number of nitrogens with one attached hydrogen (secondary N) is 1. The summed E-state index contributed by atoms with van der Waals surface area (Å²) in [5, 5.41) is 17.6. The number of carbonyl (C=O) groups is 1. The molecule has 0 spiro atoms. The molecular weight excluding hydrogens is 367 g/mol. The molecule has 8 nitrogen and oxygen atoms in total. The van der Waals surface area contributed by atoms with Crippen LogP contribution in [-0.4, -0.2) is 27.7 Å². The average Bonchev–Trinajstić information content (AvgIpc) is 3.18. The number of hydrogen-bond donors (Lipinski definition) is 1. The molecule has 28 heavy (non-hydrogen) atoms. The summed E-state index contributed by atoms with van der Waals surface area (Å²) in [7, 11) is 1.38. The number of nitro groups is 1. The van der Waals surface area contributed by atoms with Crippen LogP contribution in [-0.2, 0) is 0 Å². The molecular formula is C19H17FN4O4. The lowest BCUT2D eigenvalue weighted by molar-refractivity contribution is -0.384. The van der Waals surface area contributed by atoms with Gasteiger partial charge in [-0.25, -0.2) is 9.07 Å². The largest absolute Gasteiger partial charge is 0.494 e. The van der Waals surface area contributed by atoms with Crippen LogP contribution in [0.5, 0.6) is 5.75 Å². The standard InChI is InChI=1S/C19H17FN4O4/c1-12(13-3-8-18(28-2)17(20)9-13)22-19(25)14-10-21-23(11-14)15-4-6-16(7-5-15)24(26)27/h3-12H,1-2H3,(H,22,25). The third-order valence-electron chi connectivity index (χ3n) is 4.19. The Balaban J connectivity index is 1.71. The lowest BCUT2D eigenvalue weighted by Gasteiger charge is -2.14. The summed E-state index contributed by atoms with van der Waals surface area (Å²) < 4.78 is 20.2. The minimum absolute atomic E-state index is 0.0329. The predicted octanol–water partition coefficient (Wildman–Crippen LogP) is 3.42. The Bertz CT molecular complexity index is 1020. The minimum Gasteiger partial charge on any atom is -0.494 e. The molecule has 2 aromatic carbocycles. The molecule has 144 valence electrons. The molecule has 3 rings (SSSR count). The first-order valence-corrected chi connectivity index (χ1v) is 8.33. The molecule has 0 saturated carbocycles. The fourth-order valence-corrected chi connectivity index (χ4v) is 2.62. The zero-order chi connectivity index (χ0) is 20.3. The number of methoxy groups -OCH3 is 1. The van der Waals surface area contributed by atoms with Gasteiger partial charge in [-0.15, -0.1) is 0 Å². The number of rotatable bonds is 6. The summed E-state index contributed by atoms with van der Waals surface area (Å²) in [6.07, 6.45) is 2.90. The van der Waals surface area contributed by atoms with E-state index in [4.69, 9.17) is 4.74 Å². The smallest absolute Gasteiger partial charge is 0.269 e. The molecule has 0 aliphatic carbocycles. The van der Waals surface area contributed by atoms with E-state index in [2.05, 4.69) is 10.4 Å². The predicted molar refractivity (Wildman–Crippen MR) is 99.1 cm³/mol. The van der Waals surface area contributed by atoms with Crippen molar-refractivity contribution < 1.29 is 18.8 Å². The fourth-order valence-electron chi connectivity index (χ4n) is 2.62. The Hall–Kier alpha value is -3.75. The van der Waals surface area contributed by atoms with E-state index in [0.717, 1.165) is 0 Å². The van der Waals surface area contributed by atoms with E-state index >= 15 is 0 Å². The van der Waals surface area contributed by atoms with Crippen molar-refractivity contribution in [2.24, 2.45) is 0 Å². The first kappa shape index (κ1) is 19.0. The molecule has 1 aromatic heterocycles. The first-order valence-electron chi connectivity index (χ1n) is 8.33. The van der Waals surface area contributed by atoms with E-state index in [0.29, 0.717) is 16.8 Å². The monoisotopic (exact) mass is 384 g/mol. The summed E-state index contributed by atoms with van der Waals surface area (Å²) in [6, 6.07) is 9.84. The topological polar surface area (TPSA) is 99.3 Å². The van der Waals surface area contributed by atoms with E-state index in [1.807, 2.05) is 0 Å². The molecule has 3 aromatic rings. The van der Waals surface area contributed by atoms with E-state index in [-0.39, 0.29) is 17.3 Å². The second-order valence-electron chi connectivity index (χ2n) is 6.04. The van der Waals surface area contributed by atoms with Crippen LogP contribution in [0.1, 0.15) is 28.9 Å². The lowest BCUT2D eigenvalue weighted by Crippen LogP contribution is -2.26. The number of ether oxygens (including phenoxy) is 1. The Morgan fingerprint density at radius 1 is 1.29 bits per heavy atom. The van der Waals surface area contributed by atoms with Crippen LogP contribution in [0.3, 0.4) is 0 Å². The van der Waals surface area contributed by atoms with Gasteiger partial charge in [0, 0.05) is 18.3 Å². The molecule has 0 saturated heterocycles. The highest BCUT2D eigenvalue weighted by molar-refractivity contribution is 5.94. The number of non-ortho nitro benzene ring substituents is 1. The summed E-state index contributed by atoms with van der Waals surface area (Å²) in [5.74, 6) is -0.754. The Morgan fingerprint density at radius 3 is 2.61 bits per heavy atom. The van der Waals surface area contributed by atoms with Gasteiger partial charge >= 0.3 is 0 Å². The maximum atomic E-state index is 13.8. The molecule has 0 bridgehead atoms. The van der Waals surface area contributed by atoms with Gasteiger partial charge in [0.15, 0.2) is 11.6 Å². The van der Waals surface area contributed by atoms with Crippen molar-refractivity contribution in [2.45, 2.75) is 13.0 Å². The highest BCUT2D eigenvalue weighted by Gasteiger charge is 2.15. The lowest BCUT2D eigenvalue weighted by atomic mass is 10.1. The number of halogens is 1. The molecule has 1 heterocycles. The molecule has 0 radical (unpaired) electrons. The van der Waals surface area contributed by atoms with Crippen LogP contribution in [0, 0.1) is 15.9 Å². The van der Waals surface area contributed by atoms with Crippen LogP contribution in [0.2, 0.25) is 0 Å².